The van der Waals surface area contributed by atoms with Gasteiger partial charge in [0.05, 0.1) is 16.1 Å². The third-order valence-electron chi connectivity index (χ3n) is 2.76. The van der Waals surface area contributed by atoms with Gasteiger partial charge < -0.3 is 14.3 Å². The van der Waals surface area contributed by atoms with Crippen molar-refractivity contribution in [3.63, 3.8) is 0 Å². The van der Waals surface area contributed by atoms with Crippen LogP contribution in [0, 0.1) is 0 Å². The van der Waals surface area contributed by atoms with Gasteiger partial charge in [0.25, 0.3) is 11.8 Å². The summed E-state index contributed by atoms with van der Waals surface area (Å²) in [6.07, 6.45) is 3.26. The monoisotopic (exact) mass is 333 g/mol. The summed E-state index contributed by atoms with van der Waals surface area (Å²) in [5, 5.41) is 5.10. The third kappa shape index (κ3) is 3.07. The molecule has 2 amide bonds. The van der Waals surface area contributed by atoms with Crippen LogP contribution in [-0.2, 0) is 7.05 Å². The second-order valence-electron chi connectivity index (χ2n) is 4.31. The highest BCUT2D eigenvalue weighted by Crippen LogP contribution is 2.23. The molecule has 0 unspecified atom stereocenters. The summed E-state index contributed by atoms with van der Waals surface area (Å²) >= 11 is 2.56. The molecule has 3 rings (SSSR count). The smallest absolute Gasteiger partial charge is 0.291 e. The standard InChI is InChI=1S/C14H11N3O3S2/c1-17-6-8-21-14(17)16-13(19)10-4-5-11(22-10)15-12(18)9-3-2-7-20-9/h2-8H,1H3,(H,15,18). The maximum atomic E-state index is 12.1. The van der Waals surface area contributed by atoms with Gasteiger partial charge in [-0.15, -0.1) is 22.7 Å². The fourth-order valence-electron chi connectivity index (χ4n) is 1.68. The average molecular weight is 333 g/mol. The van der Waals surface area contributed by atoms with E-state index in [1.165, 1.54) is 28.9 Å². The molecular weight excluding hydrogens is 322 g/mol. The summed E-state index contributed by atoms with van der Waals surface area (Å²) in [6.45, 7) is 0. The summed E-state index contributed by atoms with van der Waals surface area (Å²) in [5.74, 6) is -0.467. The zero-order valence-corrected chi connectivity index (χ0v) is 13.1. The van der Waals surface area contributed by atoms with Gasteiger partial charge >= 0.3 is 0 Å². The first-order valence-corrected chi connectivity index (χ1v) is 7.97. The molecule has 3 heterocycles. The Kier molecular flexibility index (Phi) is 4.03. The minimum atomic E-state index is -0.354. The lowest BCUT2D eigenvalue weighted by molar-refractivity contribution is 0.0991. The van der Waals surface area contributed by atoms with Gasteiger partial charge in [-0.05, 0) is 24.3 Å². The highest BCUT2D eigenvalue weighted by atomic mass is 32.1. The van der Waals surface area contributed by atoms with E-state index in [1.807, 2.05) is 18.6 Å². The molecule has 8 heteroatoms. The van der Waals surface area contributed by atoms with E-state index < -0.39 is 0 Å². The van der Waals surface area contributed by atoms with Crippen LogP contribution in [0.3, 0.4) is 0 Å². The molecule has 3 aromatic rings. The lowest BCUT2D eigenvalue weighted by Gasteiger charge is -1.97. The molecule has 0 atom stereocenters. The molecule has 0 saturated heterocycles. The summed E-state index contributed by atoms with van der Waals surface area (Å²) in [4.78, 5) is 29.1. The number of nitrogens with zero attached hydrogens (tertiary/aromatic N) is 2. The normalized spacial score (nSPS) is 11.6. The SMILES string of the molecule is Cn1ccsc1=NC(=O)c1ccc(NC(=O)c2ccco2)s1. The molecular formula is C14H11N3O3S2. The van der Waals surface area contributed by atoms with Crippen LogP contribution in [0.25, 0.3) is 0 Å². The summed E-state index contributed by atoms with van der Waals surface area (Å²) in [7, 11) is 1.83. The van der Waals surface area contributed by atoms with Crippen molar-refractivity contribution in [1.82, 2.24) is 4.57 Å². The van der Waals surface area contributed by atoms with Gasteiger partial charge in [-0.3, -0.25) is 9.59 Å². The Hall–Kier alpha value is -2.45. The number of anilines is 1. The molecule has 0 aliphatic carbocycles. The van der Waals surface area contributed by atoms with Crippen molar-refractivity contribution in [3.8, 4) is 0 Å². The number of furan rings is 1. The van der Waals surface area contributed by atoms with Crippen molar-refractivity contribution in [1.29, 1.82) is 0 Å². The fraction of sp³-hybridized carbons (Fsp3) is 0.0714. The van der Waals surface area contributed by atoms with Crippen molar-refractivity contribution in [2.45, 2.75) is 0 Å². The molecule has 3 aromatic heterocycles. The Morgan fingerprint density at radius 3 is 2.86 bits per heavy atom. The molecule has 22 heavy (non-hydrogen) atoms. The van der Waals surface area contributed by atoms with Crippen LogP contribution >= 0.6 is 22.7 Å². The Morgan fingerprint density at radius 1 is 1.32 bits per heavy atom. The second kappa shape index (κ2) is 6.12. The average Bonchev–Trinajstić information content (AvgIpc) is 3.21. The van der Waals surface area contributed by atoms with Crippen LogP contribution in [0.1, 0.15) is 20.2 Å². The first-order valence-electron chi connectivity index (χ1n) is 6.27. The van der Waals surface area contributed by atoms with E-state index in [9.17, 15) is 9.59 Å². The van der Waals surface area contributed by atoms with Gasteiger partial charge in [-0.2, -0.15) is 4.99 Å². The van der Waals surface area contributed by atoms with Gasteiger partial charge in [-0.1, -0.05) is 0 Å². The molecule has 112 valence electrons. The highest BCUT2D eigenvalue weighted by Gasteiger charge is 2.13. The van der Waals surface area contributed by atoms with E-state index in [0.717, 1.165) is 0 Å². The number of thiophene rings is 1. The van der Waals surface area contributed by atoms with Crippen molar-refractivity contribution < 1.29 is 14.0 Å². The zero-order chi connectivity index (χ0) is 15.5. The zero-order valence-electron chi connectivity index (χ0n) is 11.5. The minimum absolute atomic E-state index is 0.219. The van der Waals surface area contributed by atoms with Crippen LogP contribution < -0.4 is 10.1 Å². The molecule has 1 N–H and O–H groups in total. The molecule has 0 aromatic carbocycles. The molecule has 0 bridgehead atoms. The maximum absolute atomic E-state index is 12.1. The topological polar surface area (TPSA) is 76.6 Å². The van der Waals surface area contributed by atoms with Gasteiger partial charge in [0, 0.05) is 18.6 Å². The van der Waals surface area contributed by atoms with E-state index in [1.54, 1.807) is 28.8 Å². The number of thiazole rings is 1. The molecule has 0 saturated carbocycles. The molecule has 0 aliphatic rings. The van der Waals surface area contributed by atoms with E-state index in [-0.39, 0.29) is 17.6 Å². The number of rotatable bonds is 3. The van der Waals surface area contributed by atoms with Gasteiger partial charge in [0.15, 0.2) is 10.6 Å². The van der Waals surface area contributed by atoms with Crippen molar-refractivity contribution in [2.24, 2.45) is 12.0 Å². The molecule has 0 fully saturated rings. The number of aromatic nitrogens is 1. The lowest BCUT2D eigenvalue weighted by atomic mass is 10.4. The molecule has 0 spiro atoms. The predicted molar refractivity (Wildman–Crippen MR) is 84.2 cm³/mol. The number of hydrogen-bond donors (Lipinski definition) is 1. The van der Waals surface area contributed by atoms with Gasteiger partial charge in [0.1, 0.15) is 0 Å². The second-order valence-corrected chi connectivity index (χ2v) is 6.27. The van der Waals surface area contributed by atoms with Crippen LogP contribution in [0.2, 0.25) is 0 Å². The number of carbonyl (C=O) groups excluding carboxylic acids is 2. The first kappa shape index (κ1) is 14.5. The first-order chi connectivity index (χ1) is 10.6. The number of carbonyl (C=O) groups is 2. The summed E-state index contributed by atoms with van der Waals surface area (Å²) in [6, 6.07) is 6.52. The van der Waals surface area contributed by atoms with Crippen LogP contribution in [0.15, 0.2) is 51.5 Å². The Labute approximate surface area is 133 Å². The molecule has 6 nitrogen and oxygen atoms in total. The molecule has 0 radical (unpaired) electrons. The van der Waals surface area contributed by atoms with Crippen molar-refractivity contribution >= 4 is 39.5 Å². The van der Waals surface area contributed by atoms with Gasteiger partial charge in [-0.25, -0.2) is 0 Å². The predicted octanol–water partition coefficient (Wildman–Crippen LogP) is 2.73. The maximum Gasteiger partial charge on any atom is 0.291 e. The number of amides is 2. The van der Waals surface area contributed by atoms with Crippen LogP contribution in [-0.4, -0.2) is 16.4 Å². The number of aryl methyl sites for hydroxylation is 1. The van der Waals surface area contributed by atoms with Crippen molar-refractivity contribution in [3.05, 3.63) is 57.5 Å². The van der Waals surface area contributed by atoms with E-state index in [2.05, 4.69) is 10.3 Å². The lowest BCUT2D eigenvalue weighted by Crippen LogP contribution is -2.12. The van der Waals surface area contributed by atoms with E-state index in [0.29, 0.717) is 14.7 Å². The largest absolute Gasteiger partial charge is 0.459 e. The fourth-order valence-corrected chi connectivity index (χ4v) is 3.19. The quantitative estimate of drug-likeness (QED) is 0.800. The van der Waals surface area contributed by atoms with Gasteiger partial charge in [0.2, 0.25) is 0 Å². The van der Waals surface area contributed by atoms with E-state index in [4.69, 9.17) is 4.42 Å². The van der Waals surface area contributed by atoms with E-state index >= 15 is 0 Å². The number of hydrogen-bond acceptors (Lipinski definition) is 5. The Morgan fingerprint density at radius 2 is 2.18 bits per heavy atom. The highest BCUT2D eigenvalue weighted by molar-refractivity contribution is 7.18. The Bertz CT molecular complexity index is 871. The minimum Gasteiger partial charge on any atom is -0.459 e. The van der Waals surface area contributed by atoms with Crippen LogP contribution in [0.4, 0.5) is 5.00 Å². The summed E-state index contributed by atoms with van der Waals surface area (Å²) < 4.78 is 6.78. The Balaban J connectivity index is 1.75. The third-order valence-corrected chi connectivity index (χ3v) is 4.59. The van der Waals surface area contributed by atoms with Crippen LogP contribution in [0.5, 0.6) is 0 Å². The molecule has 0 aliphatic heterocycles. The summed E-state index contributed by atoms with van der Waals surface area (Å²) in [5.41, 5.74) is 0. The number of nitrogens with one attached hydrogen (secondary N) is 1. The van der Waals surface area contributed by atoms with Crippen molar-refractivity contribution in [2.75, 3.05) is 5.32 Å².